The number of ether oxygens (including phenoxy) is 1. The van der Waals surface area contributed by atoms with E-state index >= 15 is 0 Å². The minimum Gasteiger partial charge on any atom is -0.463 e. The molecule has 0 radical (unpaired) electrons. The number of carbonyl (C=O) groups is 1. The summed E-state index contributed by atoms with van der Waals surface area (Å²) in [6.07, 6.45) is -5.04. The van der Waals surface area contributed by atoms with E-state index in [1.54, 1.807) is 30.3 Å². The van der Waals surface area contributed by atoms with Gasteiger partial charge in [0, 0.05) is 22.4 Å². The number of aromatic nitrogens is 2. The van der Waals surface area contributed by atoms with Crippen LogP contribution < -0.4 is 10.1 Å². The Morgan fingerprint density at radius 2 is 1.83 bits per heavy atom. The van der Waals surface area contributed by atoms with Crippen LogP contribution in [-0.2, 0) is 0 Å². The zero-order valence-electron chi connectivity index (χ0n) is 17.0. The Hall–Kier alpha value is -3.16. The lowest BCUT2D eigenvalue weighted by Gasteiger charge is -2.17. The summed E-state index contributed by atoms with van der Waals surface area (Å²) in [5.74, 6) is -0.347. The minimum atomic E-state index is -4.50. The van der Waals surface area contributed by atoms with E-state index in [4.69, 9.17) is 4.74 Å². The van der Waals surface area contributed by atoms with E-state index in [2.05, 4.69) is 15.5 Å². The summed E-state index contributed by atoms with van der Waals surface area (Å²) in [4.78, 5) is 12.4. The number of aryl methyl sites for hydroxylation is 1. The zero-order valence-corrected chi connectivity index (χ0v) is 17.0. The standard InChI is InChI=1S/C22H22F3N3O2/c1-12(2)27-20(29)16-6-5-13(3)19(10-16)15-7-8-18-17(9-15)11-26-28-21(18)30-14(4)22(23,24)25/h5-12,14H,1-4H3,(H,27,29)/t14-/m1/s1. The number of amides is 1. The number of carbonyl (C=O) groups excluding carboxylic acids is 1. The average molecular weight is 417 g/mol. The SMILES string of the molecule is Cc1ccc(C(=O)NC(C)C)cc1-c1ccc2c(O[C@H](C)C(F)(F)F)nncc2c1. The van der Waals surface area contributed by atoms with Crippen LogP contribution in [0, 0.1) is 6.92 Å². The van der Waals surface area contributed by atoms with Crippen molar-refractivity contribution < 1.29 is 22.7 Å². The Balaban J connectivity index is 1.99. The van der Waals surface area contributed by atoms with E-state index in [1.165, 1.54) is 6.20 Å². The molecule has 0 aliphatic rings. The van der Waals surface area contributed by atoms with Gasteiger partial charge in [0.05, 0.1) is 6.20 Å². The molecule has 5 nitrogen and oxygen atoms in total. The lowest BCUT2D eigenvalue weighted by Crippen LogP contribution is -2.31. The maximum Gasteiger partial charge on any atom is 0.425 e. The highest BCUT2D eigenvalue weighted by atomic mass is 19.4. The predicted octanol–water partition coefficient (Wildman–Crippen LogP) is 5.07. The van der Waals surface area contributed by atoms with Crippen molar-refractivity contribution in [2.24, 2.45) is 0 Å². The lowest BCUT2D eigenvalue weighted by atomic mass is 9.96. The van der Waals surface area contributed by atoms with E-state index in [-0.39, 0.29) is 17.8 Å². The maximum atomic E-state index is 12.8. The van der Waals surface area contributed by atoms with E-state index < -0.39 is 12.3 Å². The molecule has 0 fully saturated rings. The highest BCUT2D eigenvalue weighted by molar-refractivity contribution is 5.96. The van der Waals surface area contributed by atoms with E-state index in [9.17, 15) is 18.0 Å². The lowest BCUT2D eigenvalue weighted by molar-refractivity contribution is -0.189. The smallest absolute Gasteiger partial charge is 0.425 e. The number of rotatable bonds is 5. The van der Waals surface area contributed by atoms with Gasteiger partial charge in [-0.15, -0.1) is 5.10 Å². The summed E-state index contributed by atoms with van der Waals surface area (Å²) in [6.45, 7) is 6.62. The molecule has 0 bridgehead atoms. The molecule has 1 amide bonds. The van der Waals surface area contributed by atoms with E-state index in [0.29, 0.717) is 16.3 Å². The van der Waals surface area contributed by atoms with Crippen LogP contribution in [0.15, 0.2) is 42.6 Å². The number of halogens is 3. The summed E-state index contributed by atoms with van der Waals surface area (Å²) in [5.41, 5.74) is 3.14. The Bertz CT molecular complexity index is 1080. The van der Waals surface area contributed by atoms with Crippen LogP contribution in [0.2, 0.25) is 0 Å². The molecule has 1 atom stereocenters. The van der Waals surface area contributed by atoms with Gasteiger partial charge in [0.15, 0.2) is 6.10 Å². The fraction of sp³-hybridized carbons (Fsp3) is 0.318. The maximum absolute atomic E-state index is 12.8. The van der Waals surface area contributed by atoms with E-state index in [1.807, 2.05) is 26.8 Å². The first-order valence-electron chi connectivity index (χ1n) is 9.47. The minimum absolute atomic E-state index is 0.0130. The van der Waals surface area contributed by atoms with Gasteiger partial charge in [-0.1, -0.05) is 12.1 Å². The van der Waals surface area contributed by atoms with Crippen molar-refractivity contribution in [1.82, 2.24) is 15.5 Å². The highest BCUT2D eigenvalue weighted by Crippen LogP contribution is 2.32. The van der Waals surface area contributed by atoms with Gasteiger partial charge in [-0.2, -0.15) is 18.3 Å². The number of fused-ring (bicyclic) bond motifs is 1. The van der Waals surface area contributed by atoms with Gasteiger partial charge < -0.3 is 10.1 Å². The third-order valence-electron chi connectivity index (χ3n) is 4.61. The molecule has 30 heavy (non-hydrogen) atoms. The molecule has 0 unspecified atom stereocenters. The van der Waals surface area contributed by atoms with Crippen molar-refractivity contribution in [3.63, 3.8) is 0 Å². The Morgan fingerprint density at radius 1 is 1.10 bits per heavy atom. The molecule has 3 aromatic rings. The first-order valence-corrected chi connectivity index (χ1v) is 9.47. The molecular formula is C22H22F3N3O2. The van der Waals surface area contributed by atoms with Gasteiger partial charge in [-0.05, 0) is 68.7 Å². The van der Waals surface area contributed by atoms with Crippen molar-refractivity contribution in [2.45, 2.75) is 46.0 Å². The molecule has 0 aliphatic heterocycles. The van der Waals surface area contributed by atoms with Gasteiger partial charge in [0.25, 0.3) is 5.91 Å². The van der Waals surface area contributed by atoms with Gasteiger partial charge in [-0.3, -0.25) is 4.79 Å². The predicted molar refractivity (Wildman–Crippen MR) is 108 cm³/mol. The van der Waals surface area contributed by atoms with Gasteiger partial charge in [-0.25, -0.2) is 0 Å². The summed E-state index contributed by atoms with van der Waals surface area (Å²) in [7, 11) is 0. The fourth-order valence-corrected chi connectivity index (χ4v) is 2.97. The summed E-state index contributed by atoms with van der Waals surface area (Å²) in [6, 6.07) is 10.6. The number of nitrogens with one attached hydrogen (secondary N) is 1. The second kappa shape index (κ2) is 8.30. The van der Waals surface area contributed by atoms with E-state index in [0.717, 1.165) is 23.6 Å². The second-order valence-corrected chi connectivity index (χ2v) is 7.41. The molecule has 0 saturated heterocycles. The molecule has 1 aromatic heterocycles. The van der Waals surface area contributed by atoms with Crippen LogP contribution >= 0.6 is 0 Å². The van der Waals surface area contributed by atoms with Crippen LogP contribution in [0.3, 0.4) is 0 Å². The summed E-state index contributed by atoms with van der Waals surface area (Å²) in [5, 5.41) is 11.4. The van der Waals surface area contributed by atoms with Crippen molar-refractivity contribution >= 4 is 16.7 Å². The molecule has 2 aromatic carbocycles. The number of nitrogens with zero attached hydrogens (tertiary/aromatic N) is 2. The number of hydrogen-bond donors (Lipinski definition) is 1. The van der Waals surface area contributed by atoms with Crippen LogP contribution in [0.25, 0.3) is 21.9 Å². The molecule has 3 rings (SSSR count). The quantitative estimate of drug-likeness (QED) is 0.629. The molecule has 1 N–H and O–H groups in total. The van der Waals surface area contributed by atoms with Crippen molar-refractivity contribution in [2.75, 3.05) is 0 Å². The third-order valence-corrected chi connectivity index (χ3v) is 4.61. The van der Waals surface area contributed by atoms with Crippen molar-refractivity contribution in [3.8, 4) is 17.0 Å². The molecule has 158 valence electrons. The van der Waals surface area contributed by atoms with Crippen molar-refractivity contribution in [1.29, 1.82) is 0 Å². The summed E-state index contributed by atoms with van der Waals surface area (Å²) < 4.78 is 43.5. The van der Waals surface area contributed by atoms with Gasteiger partial charge in [0.1, 0.15) is 0 Å². The number of alkyl halides is 3. The molecule has 8 heteroatoms. The Morgan fingerprint density at radius 3 is 2.50 bits per heavy atom. The molecule has 1 heterocycles. The second-order valence-electron chi connectivity index (χ2n) is 7.41. The van der Waals surface area contributed by atoms with Gasteiger partial charge >= 0.3 is 6.18 Å². The number of hydrogen-bond acceptors (Lipinski definition) is 4. The fourth-order valence-electron chi connectivity index (χ4n) is 2.97. The number of benzene rings is 2. The monoisotopic (exact) mass is 417 g/mol. The van der Waals surface area contributed by atoms with Crippen LogP contribution in [0.1, 0.15) is 36.7 Å². The van der Waals surface area contributed by atoms with Crippen LogP contribution in [0.5, 0.6) is 5.88 Å². The molecular weight excluding hydrogens is 395 g/mol. The highest BCUT2D eigenvalue weighted by Gasteiger charge is 2.38. The van der Waals surface area contributed by atoms with Gasteiger partial charge in [0.2, 0.25) is 5.88 Å². The topological polar surface area (TPSA) is 64.1 Å². The molecule has 0 spiro atoms. The van der Waals surface area contributed by atoms with Crippen LogP contribution in [0.4, 0.5) is 13.2 Å². The Labute approximate surface area is 172 Å². The zero-order chi connectivity index (χ0) is 22.1. The normalized spacial score (nSPS) is 12.8. The first kappa shape index (κ1) is 21.5. The Kier molecular flexibility index (Phi) is 5.96. The molecule has 0 saturated carbocycles. The average Bonchev–Trinajstić information content (AvgIpc) is 2.66. The van der Waals surface area contributed by atoms with Crippen LogP contribution in [-0.4, -0.2) is 34.4 Å². The largest absolute Gasteiger partial charge is 0.463 e. The molecule has 0 aliphatic carbocycles. The third kappa shape index (κ3) is 4.69. The first-order chi connectivity index (χ1) is 14.1. The van der Waals surface area contributed by atoms with Crippen molar-refractivity contribution in [3.05, 3.63) is 53.7 Å². The summed E-state index contributed by atoms with van der Waals surface area (Å²) >= 11 is 0.